The van der Waals surface area contributed by atoms with Crippen LogP contribution in [0.1, 0.15) is 18.1 Å². The van der Waals surface area contributed by atoms with E-state index in [0.717, 1.165) is 17.4 Å². The fraction of sp³-hybridized carbons (Fsp3) is 0.462. The molecule has 19 heavy (non-hydrogen) atoms. The molecule has 0 aliphatic heterocycles. The molecule has 6 heteroatoms. The lowest BCUT2D eigenvalue weighted by Gasteiger charge is -2.27. The van der Waals surface area contributed by atoms with Crippen LogP contribution >= 0.6 is 0 Å². The largest absolute Gasteiger partial charge is 0.481 e. The second kappa shape index (κ2) is 5.61. The minimum atomic E-state index is -3.52. The molecule has 5 nitrogen and oxygen atoms in total. The van der Waals surface area contributed by atoms with Crippen LogP contribution in [0.3, 0.4) is 0 Å². The van der Waals surface area contributed by atoms with Gasteiger partial charge in [0.25, 0.3) is 0 Å². The average molecular weight is 285 g/mol. The van der Waals surface area contributed by atoms with Crippen molar-refractivity contribution in [3.05, 3.63) is 29.3 Å². The van der Waals surface area contributed by atoms with Gasteiger partial charge in [-0.05, 0) is 25.0 Å². The van der Waals surface area contributed by atoms with Crippen LogP contribution in [0.15, 0.2) is 18.2 Å². The Morgan fingerprint density at radius 2 is 1.79 bits per heavy atom. The molecule has 0 aliphatic carbocycles. The number of carboxylic acids is 1. The fourth-order valence-electron chi connectivity index (χ4n) is 1.92. The molecule has 0 fully saturated rings. The molecule has 0 spiro atoms. The van der Waals surface area contributed by atoms with Gasteiger partial charge >= 0.3 is 5.97 Å². The van der Waals surface area contributed by atoms with Gasteiger partial charge in [0.1, 0.15) is 0 Å². The zero-order valence-corrected chi connectivity index (χ0v) is 12.4. The number of anilines is 1. The highest BCUT2D eigenvalue weighted by molar-refractivity contribution is 7.92. The number of rotatable bonds is 5. The molecule has 0 radical (unpaired) electrons. The summed E-state index contributed by atoms with van der Waals surface area (Å²) < 4.78 is 25.0. The van der Waals surface area contributed by atoms with E-state index in [0.29, 0.717) is 5.69 Å². The highest BCUT2D eigenvalue weighted by Crippen LogP contribution is 2.27. The van der Waals surface area contributed by atoms with Crippen molar-refractivity contribution in [1.29, 1.82) is 0 Å². The van der Waals surface area contributed by atoms with Gasteiger partial charge in [-0.2, -0.15) is 0 Å². The number of benzene rings is 1. The lowest BCUT2D eigenvalue weighted by Crippen LogP contribution is -2.37. The molecule has 1 unspecified atom stereocenters. The third-order valence-corrected chi connectivity index (χ3v) is 4.08. The van der Waals surface area contributed by atoms with E-state index in [1.54, 1.807) is 0 Å². The Balaban J connectivity index is 3.30. The van der Waals surface area contributed by atoms with Crippen LogP contribution in [-0.2, 0) is 14.8 Å². The number of hydrogen-bond donors (Lipinski definition) is 1. The van der Waals surface area contributed by atoms with Gasteiger partial charge in [0, 0.05) is 6.54 Å². The highest BCUT2D eigenvalue weighted by Gasteiger charge is 2.25. The molecule has 0 bridgehead atoms. The molecule has 0 saturated carbocycles. The Morgan fingerprint density at radius 3 is 2.16 bits per heavy atom. The summed E-state index contributed by atoms with van der Waals surface area (Å²) in [6.45, 7) is 5.05. The first-order valence-corrected chi connectivity index (χ1v) is 7.76. The van der Waals surface area contributed by atoms with Gasteiger partial charge < -0.3 is 5.11 Å². The van der Waals surface area contributed by atoms with Crippen LogP contribution in [0.2, 0.25) is 0 Å². The molecule has 1 rings (SSSR count). The third kappa shape index (κ3) is 3.70. The smallest absolute Gasteiger partial charge is 0.308 e. The van der Waals surface area contributed by atoms with Crippen molar-refractivity contribution in [2.24, 2.45) is 5.92 Å². The molecule has 1 aromatic rings. The summed E-state index contributed by atoms with van der Waals surface area (Å²) in [7, 11) is -3.52. The second-order valence-electron chi connectivity index (χ2n) is 4.77. The van der Waals surface area contributed by atoms with Crippen molar-refractivity contribution < 1.29 is 18.3 Å². The molecule has 0 aromatic heterocycles. The topological polar surface area (TPSA) is 74.7 Å². The van der Waals surface area contributed by atoms with Crippen molar-refractivity contribution in [2.75, 3.05) is 17.1 Å². The van der Waals surface area contributed by atoms with Crippen molar-refractivity contribution in [3.8, 4) is 0 Å². The molecule has 0 aliphatic rings. The number of aliphatic carboxylic acids is 1. The molecule has 1 atom stereocenters. The van der Waals surface area contributed by atoms with Gasteiger partial charge in [-0.25, -0.2) is 8.42 Å². The Hall–Kier alpha value is -1.56. The number of aryl methyl sites for hydroxylation is 2. The zero-order chi connectivity index (χ0) is 14.8. The van der Waals surface area contributed by atoms with Gasteiger partial charge in [0.05, 0.1) is 17.9 Å². The van der Waals surface area contributed by atoms with Crippen LogP contribution in [-0.4, -0.2) is 32.3 Å². The maximum atomic E-state index is 11.9. The first-order chi connectivity index (χ1) is 8.64. The van der Waals surface area contributed by atoms with Crippen molar-refractivity contribution in [1.82, 2.24) is 0 Å². The monoisotopic (exact) mass is 285 g/mol. The maximum absolute atomic E-state index is 11.9. The number of carbonyl (C=O) groups is 1. The van der Waals surface area contributed by atoms with Gasteiger partial charge in [-0.1, -0.05) is 25.1 Å². The summed E-state index contributed by atoms with van der Waals surface area (Å²) >= 11 is 0. The van der Waals surface area contributed by atoms with Crippen molar-refractivity contribution >= 4 is 21.7 Å². The van der Waals surface area contributed by atoms with Crippen LogP contribution in [0.25, 0.3) is 0 Å². The van der Waals surface area contributed by atoms with Crippen LogP contribution in [0.5, 0.6) is 0 Å². The molecular weight excluding hydrogens is 266 g/mol. The van der Waals surface area contributed by atoms with Gasteiger partial charge in [-0.3, -0.25) is 9.10 Å². The van der Waals surface area contributed by atoms with Crippen molar-refractivity contribution in [2.45, 2.75) is 20.8 Å². The quantitative estimate of drug-likeness (QED) is 0.895. The average Bonchev–Trinajstić information content (AvgIpc) is 2.25. The predicted octanol–water partition coefficient (Wildman–Crippen LogP) is 1.79. The van der Waals surface area contributed by atoms with Crippen LogP contribution in [0, 0.1) is 19.8 Å². The summed E-state index contributed by atoms with van der Waals surface area (Å²) in [6.07, 6.45) is 1.09. The molecule has 1 aromatic carbocycles. The van der Waals surface area contributed by atoms with E-state index < -0.39 is 21.9 Å². The maximum Gasteiger partial charge on any atom is 0.308 e. The number of hydrogen-bond acceptors (Lipinski definition) is 3. The lowest BCUT2D eigenvalue weighted by atomic mass is 10.1. The Morgan fingerprint density at radius 1 is 1.32 bits per heavy atom. The lowest BCUT2D eigenvalue weighted by molar-refractivity contribution is -0.140. The Kier molecular flexibility index (Phi) is 4.57. The van der Waals surface area contributed by atoms with Crippen molar-refractivity contribution in [3.63, 3.8) is 0 Å². The van der Waals surface area contributed by atoms with E-state index in [-0.39, 0.29) is 6.54 Å². The molecule has 1 N–H and O–H groups in total. The van der Waals surface area contributed by atoms with Crippen LogP contribution in [0.4, 0.5) is 5.69 Å². The van der Waals surface area contributed by atoms with E-state index in [2.05, 4.69) is 0 Å². The predicted molar refractivity (Wildman–Crippen MR) is 74.9 cm³/mol. The molecular formula is C13H19NO4S. The van der Waals surface area contributed by atoms with Crippen LogP contribution < -0.4 is 4.31 Å². The fourth-order valence-corrected chi connectivity index (χ4v) is 3.03. The standard InChI is InChI=1S/C13H19NO4S/c1-9-6-5-7-10(2)12(9)14(19(4,17)18)8-11(3)13(15)16/h5-7,11H,8H2,1-4H3,(H,15,16). The summed E-state index contributed by atoms with van der Waals surface area (Å²) in [6, 6.07) is 5.47. The van der Waals surface area contributed by atoms with E-state index in [9.17, 15) is 13.2 Å². The summed E-state index contributed by atoms with van der Waals surface area (Å²) in [5.41, 5.74) is 2.18. The number of nitrogens with zero attached hydrogens (tertiary/aromatic N) is 1. The van der Waals surface area contributed by atoms with E-state index in [4.69, 9.17) is 5.11 Å². The Bertz CT molecular complexity index is 560. The summed E-state index contributed by atoms with van der Waals surface area (Å²) in [5.74, 6) is -1.78. The molecule has 0 saturated heterocycles. The first kappa shape index (κ1) is 15.5. The highest BCUT2D eigenvalue weighted by atomic mass is 32.2. The van der Waals surface area contributed by atoms with E-state index in [1.807, 2.05) is 32.0 Å². The summed E-state index contributed by atoms with van der Waals surface area (Å²) in [5, 5.41) is 8.96. The molecule has 0 amide bonds. The molecule has 106 valence electrons. The third-order valence-electron chi connectivity index (χ3n) is 2.95. The van der Waals surface area contributed by atoms with Gasteiger partial charge in [0.15, 0.2) is 0 Å². The summed E-state index contributed by atoms with van der Waals surface area (Å²) in [4.78, 5) is 10.9. The Labute approximate surface area is 113 Å². The number of para-hydroxylation sites is 1. The second-order valence-corrected chi connectivity index (χ2v) is 6.68. The van der Waals surface area contributed by atoms with E-state index >= 15 is 0 Å². The first-order valence-electron chi connectivity index (χ1n) is 5.91. The number of carboxylic acid groups (broad SMARTS) is 1. The normalized spacial score (nSPS) is 13.1. The molecule has 0 heterocycles. The van der Waals surface area contributed by atoms with E-state index in [1.165, 1.54) is 11.2 Å². The van der Waals surface area contributed by atoms with Gasteiger partial charge in [-0.15, -0.1) is 0 Å². The minimum Gasteiger partial charge on any atom is -0.481 e. The minimum absolute atomic E-state index is 0.0696. The number of sulfonamides is 1. The van der Waals surface area contributed by atoms with Gasteiger partial charge in [0.2, 0.25) is 10.0 Å². The zero-order valence-electron chi connectivity index (χ0n) is 11.5. The SMILES string of the molecule is Cc1cccc(C)c1N(CC(C)C(=O)O)S(C)(=O)=O.